The number of aromatic nitrogens is 1. The molecule has 0 amide bonds. The molecule has 1 heterocycles. The van der Waals surface area contributed by atoms with Gasteiger partial charge in [0.05, 0.1) is 12.6 Å². The molecule has 1 aromatic heterocycles. The molecule has 5 nitrogen and oxygen atoms in total. The second-order valence-corrected chi connectivity index (χ2v) is 7.63. The van der Waals surface area contributed by atoms with E-state index in [0.29, 0.717) is 24.6 Å². The lowest BCUT2D eigenvalue weighted by atomic mass is 10.1. The first-order valence-corrected chi connectivity index (χ1v) is 10.3. The number of fused-ring (bicyclic) bond motifs is 1. The maximum atomic E-state index is 13.2. The van der Waals surface area contributed by atoms with Gasteiger partial charge in [-0.05, 0) is 64.3 Å². The Morgan fingerprint density at radius 2 is 1.93 bits per heavy atom. The number of nitrogen functional groups attached to an aromatic ring is 1. The molecule has 5 heteroatoms. The van der Waals surface area contributed by atoms with Crippen LogP contribution in [-0.4, -0.2) is 18.3 Å². The summed E-state index contributed by atoms with van der Waals surface area (Å²) in [6.07, 6.45) is 8.13. The van der Waals surface area contributed by atoms with Crippen LogP contribution in [0, 0.1) is 0 Å². The van der Waals surface area contributed by atoms with Crippen molar-refractivity contribution in [3.63, 3.8) is 0 Å². The van der Waals surface area contributed by atoms with Crippen LogP contribution in [0.5, 0.6) is 11.5 Å². The zero-order valence-corrected chi connectivity index (χ0v) is 18.4. The lowest BCUT2D eigenvalue weighted by molar-refractivity contribution is 0.320. The van der Waals surface area contributed by atoms with E-state index in [4.69, 9.17) is 15.2 Å². The van der Waals surface area contributed by atoms with Crippen LogP contribution >= 0.6 is 0 Å². The van der Waals surface area contributed by atoms with Gasteiger partial charge in [0.2, 0.25) is 5.75 Å². The van der Waals surface area contributed by atoms with Gasteiger partial charge in [0.1, 0.15) is 6.61 Å². The van der Waals surface area contributed by atoms with Gasteiger partial charge in [0, 0.05) is 17.6 Å². The quantitative estimate of drug-likeness (QED) is 0.426. The fraction of sp³-hybridized carbons (Fsp3) is 0.458. The number of hydrogen-bond acceptors (Lipinski definition) is 4. The number of rotatable bonds is 10. The Kier molecular flexibility index (Phi) is 8.37. The third-order valence-electron chi connectivity index (χ3n) is 4.89. The van der Waals surface area contributed by atoms with Crippen LogP contribution in [0.3, 0.4) is 0 Å². The van der Waals surface area contributed by atoms with Gasteiger partial charge in [-0.3, -0.25) is 4.79 Å². The third-order valence-corrected chi connectivity index (χ3v) is 4.89. The van der Waals surface area contributed by atoms with E-state index in [1.165, 1.54) is 11.1 Å². The lowest BCUT2D eigenvalue weighted by Gasteiger charge is -2.17. The number of allylic oxidation sites excluding steroid dienone is 3. The number of aryl methyl sites for hydroxylation is 1. The second kappa shape index (κ2) is 10.7. The number of anilines is 1. The Bertz CT molecular complexity index is 951. The largest absolute Gasteiger partial charge is 0.492 e. The Hall–Kier alpha value is -2.69. The van der Waals surface area contributed by atoms with Crippen molar-refractivity contribution in [2.24, 2.45) is 0 Å². The summed E-state index contributed by atoms with van der Waals surface area (Å²) in [5.41, 5.74) is 9.75. The van der Waals surface area contributed by atoms with Crippen LogP contribution in [0.1, 0.15) is 53.4 Å². The molecule has 0 aliphatic carbocycles. The molecule has 158 valence electrons. The smallest absolute Gasteiger partial charge is 0.297 e. The summed E-state index contributed by atoms with van der Waals surface area (Å²) < 4.78 is 13.3. The summed E-state index contributed by atoms with van der Waals surface area (Å²) in [5.74, 6) is 0.725. The fourth-order valence-corrected chi connectivity index (χ4v) is 3.24. The topological polar surface area (TPSA) is 66.5 Å². The third kappa shape index (κ3) is 5.89. The molecule has 1 aromatic carbocycles. The molecule has 0 atom stereocenters. The molecule has 0 bridgehead atoms. The van der Waals surface area contributed by atoms with Crippen LogP contribution in [0.2, 0.25) is 0 Å². The van der Waals surface area contributed by atoms with E-state index in [0.717, 1.165) is 36.6 Å². The standard InChI is InChI=1S/C24H34N2O3/c1-6-7-14-26-21-16-19(25)11-12-20(21)22(28-5)23(24(26)27)29-15-13-18(4)10-8-9-17(2)3/h9,11-13,16H,6-8,10,14-15,25H2,1-5H3/b18-13+. The highest BCUT2D eigenvalue weighted by Crippen LogP contribution is 2.33. The normalized spacial score (nSPS) is 11.6. The maximum Gasteiger partial charge on any atom is 0.297 e. The minimum absolute atomic E-state index is 0.177. The summed E-state index contributed by atoms with van der Waals surface area (Å²) >= 11 is 0. The van der Waals surface area contributed by atoms with E-state index in [2.05, 4.69) is 33.8 Å². The van der Waals surface area contributed by atoms with Crippen molar-refractivity contribution < 1.29 is 9.47 Å². The van der Waals surface area contributed by atoms with Gasteiger partial charge in [-0.2, -0.15) is 0 Å². The summed E-state index contributed by atoms with van der Waals surface area (Å²) in [5, 5.41) is 0.830. The number of benzene rings is 1. The van der Waals surface area contributed by atoms with Crippen molar-refractivity contribution in [1.29, 1.82) is 0 Å². The Morgan fingerprint density at radius 3 is 2.59 bits per heavy atom. The van der Waals surface area contributed by atoms with E-state index < -0.39 is 0 Å². The highest BCUT2D eigenvalue weighted by molar-refractivity contribution is 5.90. The monoisotopic (exact) mass is 398 g/mol. The van der Waals surface area contributed by atoms with E-state index in [9.17, 15) is 4.79 Å². The molecule has 2 rings (SSSR count). The SMILES string of the molecule is CCCCn1c(=O)c(OC/C=C(\C)CCC=C(C)C)c(OC)c2ccc(N)cc21. The lowest BCUT2D eigenvalue weighted by Crippen LogP contribution is -2.24. The molecule has 0 radical (unpaired) electrons. The molecular weight excluding hydrogens is 364 g/mol. The molecule has 0 saturated carbocycles. The van der Waals surface area contributed by atoms with Gasteiger partial charge in [-0.15, -0.1) is 0 Å². The van der Waals surface area contributed by atoms with Crippen molar-refractivity contribution in [2.45, 2.75) is 59.9 Å². The predicted molar refractivity (Wildman–Crippen MR) is 122 cm³/mol. The molecule has 0 saturated heterocycles. The highest BCUT2D eigenvalue weighted by Gasteiger charge is 2.19. The zero-order chi connectivity index (χ0) is 21.4. The van der Waals surface area contributed by atoms with Crippen LogP contribution in [0.15, 0.2) is 46.3 Å². The average Bonchev–Trinajstić information content (AvgIpc) is 2.67. The molecule has 0 unspecified atom stereocenters. The number of methoxy groups -OCH3 is 1. The maximum absolute atomic E-state index is 13.2. The number of pyridine rings is 1. The molecule has 2 N–H and O–H groups in total. The van der Waals surface area contributed by atoms with Crippen LogP contribution < -0.4 is 20.8 Å². The van der Waals surface area contributed by atoms with Crippen molar-refractivity contribution in [3.05, 3.63) is 51.9 Å². The van der Waals surface area contributed by atoms with Gasteiger partial charge >= 0.3 is 0 Å². The number of nitrogens with two attached hydrogens (primary N) is 1. The Labute approximate surface area is 173 Å². The van der Waals surface area contributed by atoms with Gasteiger partial charge in [0.25, 0.3) is 5.56 Å². The molecule has 2 aromatic rings. The summed E-state index contributed by atoms with van der Waals surface area (Å²) in [6, 6.07) is 5.53. The van der Waals surface area contributed by atoms with Crippen LogP contribution in [0.25, 0.3) is 10.9 Å². The molecule has 0 spiro atoms. The van der Waals surface area contributed by atoms with E-state index in [-0.39, 0.29) is 11.3 Å². The zero-order valence-electron chi connectivity index (χ0n) is 18.4. The molecule has 0 aliphatic heterocycles. The van der Waals surface area contributed by atoms with E-state index >= 15 is 0 Å². The van der Waals surface area contributed by atoms with Gasteiger partial charge in [0.15, 0.2) is 5.75 Å². The summed E-state index contributed by atoms with van der Waals surface area (Å²) in [6.45, 7) is 9.35. The predicted octanol–water partition coefficient (Wildman–Crippen LogP) is 5.46. The minimum atomic E-state index is -0.177. The van der Waals surface area contributed by atoms with Gasteiger partial charge in [-0.1, -0.05) is 30.6 Å². The summed E-state index contributed by atoms with van der Waals surface area (Å²) in [4.78, 5) is 13.2. The second-order valence-electron chi connectivity index (χ2n) is 7.63. The first-order valence-electron chi connectivity index (χ1n) is 10.3. The van der Waals surface area contributed by atoms with Crippen molar-refractivity contribution >= 4 is 16.6 Å². The van der Waals surface area contributed by atoms with Crippen LogP contribution in [0.4, 0.5) is 5.69 Å². The molecular formula is C24H34N2O3. The van der Waals surface area contributed by atoms with Gasteiger partial charge < -0.3 is 19.8 Å². The number of hydrogen-bond donors (Lipinski definition) is 1. The highest BCUT2D eigenvalue weighted by atomic mass is 16.5. The van der Waals surface area contributed by atoms with E-state index in [1.807, 2.05) is 24.3 Å². The number of ether oxygens (including phenoxy) is 2. The molecule has 29 heavy (non-hydrogen) atoms. The number of nitrogens with zero attached hydrogens (tertiary/aromatic N) is 1. The van der Waals surface area contributed by atoms with E-state index in [1.54, 1.807) is 11.7 Å². The molecule has 0 fully saturated rings. The minimum Gasteiger partial charge on any atom is -0.492 e. The van der Waals surface area contributed by atoms with Crippen molar-refractivity contribution in [1.82, 2.24) is 4.57 Å². The van der Waals surface area contributed by atoms with Gasteiger partial charge in [-0.25, -0.2) is 0 Å². The fourth-order valence-electron chi connectivity index (χ4n) is 3.24. The van der Waals surface area contributed by atoms with Crippen molar-refractivity contribution in [3.8, 4) is 11.5 Å². The van der Waals surface area contributed by atoms with Crippen molar-refractivity contribution in [2.75, 3.05) is 19.5 Å². The Balaban J connectivity index is 2.37. The molecule has 0 aliphatic rings. The first-order chi connectivity index (χ1) is 13.9. The Morgan fingerprint density at radius 1 is 1.17 bits per heavy atom. The average molecular weight is 399 g/mol. The number of unbranched alkanes of at least 4 members (excludes halogenated alkanes) is 1. The first kappa shape index (κ1) is 22.6. The van der Waals surface area contributed by atoms with Crippen LogP contribution in [-0.2, 0) is 6.54 Å². The summed E-state index contributed by atoms with van der Waals surface area (Å²) in [7, 11) is 1.56.